The lowest BCUT2D eigenvalue weighted by atomic mass is 10.2. The summed E-state index contributed by atoms with van der Waals surface area (Å²) in [6, 6.07) is 0. The molecule has 7 heterocycles. The number of amidine groups is 1. The fraction of sp³-hybridized carbons (Fsp3) is 0.962. The molecular formula is C26H54N8O. The van der Waals surface area contributed by atoms with Gasteiger partial charge in [0.05, 0.1) is 11.9 Å². The van der Waals surface area contributed by atoms with E-state index in [2.05, 4.69) is 29.9 Å². The molecule has 0 aromatic rings. The van der Waals surface area contributed by atoms with Gasteiger partial charge >= 0.3 is 0 Å². The lowest BCUT2D eigenvalue weighted by molar-refractivity contribution is 0.0647. The maximum atomic E-state index is 5.40. The molecule has 1 unspecified atom stereocenters. The molecule has 0 spiro atoms. The molecule has 0 aromatic heterocycles. The molecule has 0 aliphatic carbocycles. The van der Waals surface area contributed by atoms with Crippen LogP contribution in [0.2, 0.25) is 0 Å². The zero-order valence-electron chi connectivity index (χ0n) is 22.3. The summed E-state index contributed by atoms with van der Waals surface area (Å²) in [5.41, 5.74) is 10.7. The van der Waals surface area contributed by atoms with Crippen LogP contribution in [0.15, 0.2) is 4.99 Å². The highest BCUT2D eigenvalue weighted by Gasteiger charge is 2.22. The van der Waals surface area contributed by atoms with Gasteiger partial charge in [0, 0.05) is 118 Å². The van der Waals surface area contributed by atoms with E-state index in [4.69, 9.17) is 16.2 Å². The monoisotopic (exact) mass is 494 g/mol. The van der Waals surface area contributed by atoms with Gasteiger partial charge in [-0.3, -0.25) is 19.7 Å². The van der Waals surface area contributed by atoms with Gasteiger partial charge in [0.15, 0.2) is 0 Å². The maximum Gasteiger partial charge on any atom is 0.0988 e. The Morgan fingerprint density at radius 2 is 1.49 bits per heavy atom. The van der Waals surface area contributed by atoms with E-state index in [0.29, 0.717) is 12.6 Å². The Morgan fingerprint density at radius 3 is 2.03 bits per heavy atom. The topological polar surface area (TPSA) is 98.6 Å². The van der Waals surface area contributed by atoms with Crippen LogP contribution in [-0.2, 0) is 4.74 Å². The number of piperazine rings is 4. The first kappa shape index (κ1) is 28.8. The van der Waals surface area contributed by atoms with Crippen molar-refractivity contribution in [3.8, 4) is 0 Å². The van der Waals surface area contributed by atoms with Gasteiger partial charge in [-0.05, 0) is 32.1 Å². The Kier molecular flexibility index (Phi) is 14.5. The largest absolute Gasteiger partial charge is 0.377 e. The summed E-state index contributed by atoms with van der Waals surface area (Å²) in [6.45, 7) is 19.6. The molecule has 9 nitrogen and oxygen atoms in total. The van der Waals surface area contributed by atoms with Crippen LogP contribution in [-0.4, -0.2) is 143 Å². The molecule has 7 rings (SSSR count). The van der Waals surface area contributed by atoms with Crippen LogP contribution in [0, 0.1) is 0 Å². The van der Waals surface area contributed by atoms with Crippen LogP contribution in [0.3, 0.4) is 0 Å². The van der Waals surface area contributed by atoms with E-state index in [1.807, 2.05) is 0 Å². The smallest absolute Gasteiger partial charge is 0.0988 e. The molecule has 0 aromatic carbocycles. The summed E-state index contributed by atoms with van der Waals surface area (Å²) in [4.78, 5) is 14.5. The van der Waals surface area contributed by atoms with E-state index in [0.717, 1.165) is 58.8 Å². The lowest BCUT2D eigenvalue weighted by Gasteiger charge is -2.41. The van der Waals surface area contributed by atoms with E-state index in [-0.39, 0.29) is 0 Å². The van der Waals surface area contributed by atoms with Crippen molar-refractivity contribution in [2.45, 2.75) is 51.0 Å². The van der Waals surface area contributed by atoms with Crippen LogP contribution in [0.1, 0.15) is 44.9 Å². The van der Waals surface area contributed by atoms with E-state index < -0.39 is 0 Å². The molecule has 0 saturated carbocycles. The van der Waals surface area contributed by atoms with Crippen LogP contribution >= 0.6 is 0 Å². The number of hydrogen-bond donors (Lipinski definition) is 3. The van der Waals surface area contributed by atoms with Crippen molar-refractivity contribution in [1.29, 1.82) is 0 Å². The molecule has 1 atom stereocenters. The first-order valence-electron chi connectivity index (χ1n) is 14.5. The van der Waals surface area contributed by atoms with E-state index >= 15 is 0 Å². The van der Waals surface area contributed by atoms with Gasteiger partial charge in [-0.2, -0.15) is 0 Å². The number of ether oxygens (including phenoxy) is 1. The Hall–Kier alpha value is -0.810. The van der Waals surface area contributed by atoms with E-state index in [1.54, 1.807) is 0 Å². The van der Waals surface area contributed by atoms with E-state index in [9.17, 15) is 0 Å². The first-order chi connectivity index (χ1) is 17.3. The number of aliphatic imine (C=N–C) groups is 1. The number of nitrogens with two attached hydrogens (primary N) is 2. The molecule has 2 bridgehead atoms. The minimum absolute atomic E-state index is 0.375. The van der Waals surface area contributed by atoms with Crippen LogP contribution < -0.4 is 16.8 Å². The Morgan fingerprint density at radius 1 is 0.800 bits per heavy atom. The summed E-state index contributed by atoms with van der Waals surface area (Å²) >= 11 is 0. The van der Waals surface area contributed by atoms with Gasteiger partial charge in [0.1, 0.15) is 0 Å². The number of hydrogen-bond acceptors (Lipinski definition) is 9. The minimum atomic E-state index is 0.375. The van der Waals surface area contributed by atoms with Crippen molar-refractivity contribution in [2.75, 3.05) is 111 Å². The molecule has 6 fully saturated rings. The molecule has 7 aliphatic heterocycles. The first-order valence-corrected chi connectivity index (χ1v) is 14.5. The average Bonchev–Trinajstić information content (AvgIpc) is 3.36. The van der Waals surface area contributed by atoms with E-state index in [1.165, 1.54) is 96.7 Å². The number of nitrogens with one attached hydrogen (secondary N) is 1. The van der Waals surface area contributed by atoms with Crippen LogP contribution in [0.5, 0.6) is 0 Å². The third kappa shape index (κ3) is 11.4. The van der Waals surface area contributed by atoms with Crippen molar-refractivity contribution in [3.05, 3.63) is 0 Å². The highest BCUT2D eigenvalue weighted by molar-refractivity contribution is 5.83. The molecular weight excluding hydrogens is 440 g/mol. The van der Waals surface area contributed by atoms with Crippen molar-refractivity contribution in [3.63, 3.8) is 0 Å². The summed E-state index contributed by atoms with van der Waals surface area (Å²) in [7, 11) is 0. The Bertz CT molecular complexity index is 532. The van der Waals surface area contributed by atoms with Gasteiger partial charge in [-0.15, -0.1) is 0 Å². The number of fused-ring (bicyclic) bond motifs is 4. The molecule has 204 valence electrons. The number of nitrogens with zero attached hydrogens (tertiary/aromatic N) is 5. The van der Waals surface area contributed by atoms with Crippen LogP contribution in [0.4, 0.5) is 0 Å². The molecule has 0 amide bonds. The zero-order valence-corrected chi connectivity index (χ0v) is 22.3. The van der Waals surface area contributed by atoms with Gasteiger partial charge in [0.25, 0.3) is 0 Å². The van der Waals surface area contributed by atoms with Gasteiger partial charge in [-0.25, -0.2) is 0 Å². The Balaban J connectivity index is 0.000000132. The van der Waals surface area contributed by atoms with Crippen molar-refractivity contribution >= 4 is 5.84 Å². The second-order valence-corrected chi connectivity index (χ2v) is 10.4. The maximum absolute atomic E-state index is 5.40. The summed E-state index contributed by atoms with van der Waals surface area (Å²) in [5, 5.41) is 3.29. The SMILES string of the molecule is C1CCC2=NCCCN2CC1.C1CN2CCN1CC2.NCC1CCCO1.NCCN1CCNCC1. The highest BCUT2D eigenvalue weighted by Crippen LogP contribution is 2.15. The predicted molar refractivity (Wildman–Crippen MR) is 146 cm³/mol. The molecule has 6 saturated heterocycles. The molecule has 5 N–H and O–H groups in total. The summed E-state index contributed by atoms with van der Waals surface area (Å²) < 4.78 is 5.18. The van der Waals surface area contributed by atoms with Gasteiger partial charge in [-0.1, -0.05) is 6.42 Å². The third-order valence-electron chi connectivity index (χ3n) is 7.71. The van der Waals surface area contributed by atoms with Crippen molar-refractivity contribution < 1.29 is 4.74 Å². The van der Waals surface area contributed by atoms with Crippen molar-refractivity contribution in [1.82, 2.24) is 24.9 Å². The van der Waals surface area contributed by atoms with Gasteiger partial charge < -0.3 is 26.4 Å². The fourth-order valence-corrected chi connectivity index (χ4v) is 5.41. The normalized spacial score (nSPS) is 30.3. The van der Waals surface area contributed by atoms with Gasteiger partial charge in [0.2, 0.25) is 0 Å². The van der Waals surface area contributed by atoms with Crippen LogP contribution in [0.25, 0.3) is 0 Å². The summed E-state index contributed by atoms with van der Waals surface area (Å²) in [6.07, 6.45) is 9.37. The van der Waals surface area contributed by atoms with Crippen molar-refractivity contribution in [2.24, 2.45) is 16.5 Å². The molecule has 9 heteroatoms. The summed E-state index contributed by atoms with van der Waals surface area (Å²) in [5.74, 6) is 1.40. The molecule has 7 aliphatic rings. The Labute approximate surface area is 214 Å². The molecule has 0 radical (unpaired) electrons. The number of rotatable bonds is 3. The fourth-order valence-electron chi connectivity index (χ4n) is 5.41. The molecule has 35 heavy (non-hydrogen) atoms. The minimum Gasteiger partial charge on any atom is -0.377 e. The second kappa shape index (κ2) is 17.6. The standard InChI is InChI=1S/C9H16N2.C6H15N3.C6H12N2.C5H11NO/c1-2-5-9-10-6-4-8-11(9)7-3-1;7-1-4-9-5-2-8-3-6-9;1-2-8-5-3-7(1)4-6-8;6-4-5-2-1-3-7-5/h1-8H2;8H,1-7H2;1-6H2;5H,1-4,6H2. The highest BCUT2D eigenvalue weighted by atomic mass is 16.5. The lowest BCUT2D eigenvalue weighted by Crippen LogP contribution is -2.55. The quantitative estimate of drug-likeness (QED) is 0.514. The average molecular weight is 495 g/mol. The third-order valence-corrected chi connectivity index (χ3v) is 7.71. The predicted octanol–water partition coefficient (Wildman–Crippen LogP) is 0.257. The second-order valence-electron chi connectivity index (χ2n) is 10.4. The zero-order chi connectivity index (χ0) is 24.6.